The summed E-state index contributed by atoms with van der Waals surface area (Å²) in [6.45, 7) is 0.313. The molecule has 0 aromatic heterocycles. The monoisotopic (exact) mass is 436 g/mol. The zero-order valence-corrected chi connectivity index (χ0v) is 17.9. The molecule has 0 atom stereocenters. The quantitative estimate of drug-likeness (QED) is 0.505. The third kappa shape index (κ3) is 4.09. The smallest absolute Gasteiger partial charge is 0.276 e. The first-order valence-electron chi connectivity index (χ1n) is 8.34. The lowest BCUT2D eigenvalue weighted by Gasteiger charge is -2.13. The fourth-order valence-corrected chi connectivity index (χ4v) is 3.23. The maximum Gasteiger partial charge on any atom is 0.276 e. The number of rotatable bonds is 5. The fraction of sp³-hybridized carbons (Fsp3) is 0.200. The van der Waals surface area contributed by atoms with E-state index >= 15 is 0 Å². The van der Waals surface area contributed by atoms with Crippen LogP contribution >= 0.6 is 35.4 Å². The van der Waals surface area contributed by atoms with Crippen molar-refractivity contribution >= 4 is 52.5 Å². The van der Waals surface area contributed by atoms with Gasteiger partial charge in [-0.05, 0) is 53.7 Å². The van der Waals surface area contributed by atoms with Gasteiger partial charge in [0.1, 0.15) is 12.3 Å². The molecule has 3 rings (SSSR count). The number of carbonyl (C=O) groups excluding carboxylic acids is 1. The third-order valence-corrected chi connectivity index (χ3v) is 5.62. The number of hydrogen-bond donors (Lipinski definition) is 0. The summed E-state index contributed by atoms with van der Waals surface area (Å²) in [4.78, 5) is 15.4. The average Bonchev–Trinajstić information content (AvgIpc) is 2.87. The van der Waals surface area contributed by atoms with Gasteiger partial charge in [-0.15, -0.1) is 0 Å². The van der Waals surface area contributed by atoms with Gasteiger partial charge < -0.3 is 14.4 Å². The van der Waals surface area contributed by atoms with E-state index in [0.29, 0.717) is 39.0 Å². The maximum atomic E-state index is 12.3. The minimum Gasteiger partial charge on any atom is -0.493 e. The van der Waals surface area contributed by atoms with E-state index in [1.165, 1.54) is 4.90 Å². The Labute approximate surface area is 179 Å². The van der Waals surface area contributed by atoms with E-state index in [0.717, 1.165) is 11.1 Å². The number of ether oxygens (including phenoxy) is 2. The topological polar surface area (TPSA) is 42.0 Å². The molecule has 1 heterocycles. The summed E-state index contributed by atoms with van der Waals surface area (Å²) in [6.07, 6.45) is 1.77. The van der Waals surface area contributed by atoms with Crippen molar-refractivity contribution in [3.8, 4) is 11.5 Å². The molecular weight excluding hydrogens is 419 g/mol. The van der Waals surface area contributed by atoms with Crippen molar-refractivity contribution in [2.75, 3.05) is 21.2 Å². The van der Waals surface area contributed by atoms with Crippen molar-refractivity contribution in [2.45, 2.75) is 6.61 Å². The molecule has 1 amide bonds. The van der Waals surface area contributed by atoms with Crippen LogP contribution in [0.1, 0.15) is 11.1 Å². The van der Waals surface area contributed by atoms with Crippen molar-refractivity contribution in [2.24, 2.45) is 0 Å². The minimum absolute atomic E-state index is 0.147. The first-order chi connectivity index (χ1) is 13.3. The molecule has 5 nitrogen and oxygen atoms in total. The number of thiocarbonyl (C=S) groups is 1. The second-order valence-electron chi connectivity index (χ2n) is 6.18. The molecule has 0 spiro atoms. The number of benzene rings is 2. The van der Waals surface area contributed by atoms with E-state index in [1.807, 2.05) is 12.1 Å². The first-order valence-corrected chi connectivity index (χ1v) is 9.50. The minimum atomic E-state index is -0.147. The Kier molecular flexibility index (Phi) is 6.13. The van der Waals surface area contributed by atoms with Gasteiger partial charge in [0.15, 0.2) is 16.6 Å². The molecule has 0 saturated carbocycles. The van der Waals surface area contributed by atoms with E-state index in [2.05, 4.69) is 0 Å². The Morgan fingerprint density at radius 1 is 1.04 bits per heavy atom. The Morgan fingerprint density at radius 2 is 1.79 bits per heavy atom. The Balaban J connectivity index is 1.80. The van der Waals surface area contributed by atoms with Crippen LogP contribution in [0.4, 0.5) is 0 Å². The predicted octanol–water partition coefficient (Wildman–Crippen LogP) is 4.61. The van der Waals surface area contributed by atoms with Gasteiger partial charge in [0, 0.05) is 14.1 Å². The van der Waals surface area contributed by atoms with Crippen molar-refractivity contribution in [1.82, 2.24) is 9.80 Å². The summed E-state index contributed by atoms with van der Waals surface area (Å²) in [5.74, 6) is 0.985. The number of halogens is 2. The molecule has 0 N–H and O–H groups in total. The number of hydrogen-bond acceptors (Lipinski definition) is 4. The van der Waals surface area contributed by atoms with Crippen molar-refractivity contribution in [3.05, 3.63) is 63.3 Å². The second kappa shape index (κ2) is 8.39. The molecule has 1 fully saturated rings. The normalized spacial score (nSPS) is 15.5. The molecule has 0 radical (unpaired) electrons. The van der Waals surface area contributed by atoms with Gasteiger partial charge in [0.25, 0.3) is 5.91 Å². The molecule has 1 saturated heterocycles. The lowest BCUT2D eigenvalue weighted by Crippen LogP contribution is -2.26. The van der Waals surface area contributed by atoms with E-state index in [1.54, 1.807) is 56.4 Å². The number of likely N-dealkylation sites (N-methyl/N-ethyl adjacent to an activating group) is 2. The lowest BCUT2D eigenvalue weighted by molar-refractivity contribution is -0.121. The Morgan fingerprint density at radius 3 is 2.39 bits per heavy atom. The van der Waals surface area contributed by atoms with Gasteiger partial charge in [0.2, 0.25) is 0 Å². The summed E-state index contributed by atoms with van der Waals surface area (Å²) in [6, 6.07) is 10.8. The zero-order chi connectivity index (χ0) is 20.4. The maximum absolute atomic E-state index is 12.3. The molecule has 0 bridgehead atoms. The van der Waals surface area contributed by atoms with Crippen LogP contribution in [-0.4, -0.2) is 42.0 Å². The highest BCUT2D eigenvalue weighted by Gasteiger charge is 2.32. The molecular formula is C20H18Cl2N2O3S. The summed E-state index contributed by atoms with van der Waals surface area (Å²) in [7, 11) is 4.98. The van der Waals surface area contributed by atoms with Crippen LogP contribution in [0.3, 0.4) is 0 Å². The number of methoxy groups -OCH3 is 1. The highest BCUT2D eigenvalue weighted by molar-refractivity contribution is 7.80. The Hall–Kier alpha value is -2.28. The predicted molar refractivity (Wildman–Crippen MR) is 115 cm³/mol. The van der Waals surface area contributed by atoms with E-state index in [-0.39, 0.29) is 5.91 Å². The van der Waals surface area contributed by atoms with Crippen LogP contribution in [0.15, 0.2) is 42.1 Å². The van der Waals surface area contributed by atoms with Crippen LogP contribution in [0.25, 0.3) is 6.08 Å². The van der Waals surface area contributed by atoms with Gasteiger partial charge in [0.05, 0.1) is 17.2 Å². The van der Waals surface area contributed by atoms with Gasteiger partial charge in [-0.25, -0.2) is 0 Å². The van der Waals surface area contributed by atoms with Crippen LogP contribution in [-0.2, 0) is 11.4 Å². The summed E-state index contributed by atoms with van der Waals surface area (Å²) < 4.78 is 11.3. The highest BCUT2D eigenvalue weighted by Crippen LogP contribution is 2.31. The van der Waals surface area contributed by atoms with Crippen LogP contribution in [0, 0.1) is 0 Å². The van der Waals surface area contributed by atoms with Crippen molar-refractivity contribution < 1.29 is 14.3 Å². The Bertz CT molecular complexity index is 978. The van der Waals surface area contributed by atoms with Gasteiger partial charge >= 0.3 is 0 Å². The van der Waals surface area contributed by atoms with Crippen LogP contribution in [0.2, 0.25) is 10.0 Å². The van der Waals surface area contributed by atoms with E-state index in [4.69, 9.17) is 44.9 Å². The third-order valence-electron chi connectivity index (χ3n) is 4.33. The zero-order valence-electron chi connectivity index (χ0n) is 15.5. The van der Waals surface area contributed by atoms with Gasteiger partial charge in [-0.1, -0.05) is 35.3 Å². The van der Waals surface area contributed by atoms with Crippen LogP contribution in [0.5, 0.6) is 11.5 Å². The summed E-state index contributed by atoms with van der Waals surface area (Å²) >= 11 is 17.2. The molecule has 28 heavy (non-hydrogen) atoms. The highest BCUT2D eigenvalue weighted by atomic mass is 35.5. The molecule has 1 aliphatic heterocycles. The molecule has 0 aliphatic carbocycles. The number of amides is 1. The molecule has 2 aromatic carbocycles. The van der Waals surface area contributed by atoms with Gasteiger partial charge in [-0.3, -0.25) is 9.69 Å². The molecule has 8 heteroatoms. The largest absolute Gasteiger partial charge is 0.493 e. The summed E-state index contributed by atoms with van der Waals surface area (Å²) in [5, 5.41) is 1.44. The fourth-order valence-electron chi connectivity index (χ4n) is 2.73. The molecule has 1 aliphatic rings. The van der Waals surface area contributed by atoms with E-state index < -0.39 is 0 Å². The van der Waals surface area contributed by atoms with Crippen molar-refractivity contribution in [1.29, 1.82) is 0 Å². The van der Waals surface area contributed by atoms with Crippen LogP contribution < -0.4 is 9.47 Å². The second-order valence-corrected chi connectivity index (χ2v) is 7.36. The molecule has 2 aromatic rings. The standard InChI is InChI=1S/C20H18Cl2N2O3S/c1-23-16(19(25)24(2)20(23)28)9-12-5-7-17(18(10-12)26-3)27-11-13-4-6-14(21)15(22)8-13/h4-10H,11H2,1-3H3/b16-9-. The first kappa shape index (κ1) is 20.5. The SMILES string of the molecule is COc1cc(/C=C2/C(=O)N(C)C(=S)N2C)ccc1OCc1ccc(Cl)c(Cl)c1. The van der Waals surface area contributed by atoms with Crippen molar-refractivity contribution in [3.63, 3.8) is 0 Å². The number of carbonyl (C=O) groups is 1. The van der Waals surface area contributed by atoms with E-state index in [9.17, 15) is 4.79 Å². The average molecular weight is 437 g/mol. The van der Waals surface area contributed by atoms with Gasteiger partial charge in [-0.2, -0.15) is 0 Å². The molecule has 146 valence electrons. The molecule has 0 unspecified atom stereocenters. The lowest BCUT2D eigenvalue weighted by atomic mass is 10.1. The summed E-state index contributed by atoms with van der Waals surface area (Å²) in [5.41, 5.74) is 2.18. The number of nitrogens with zero attached hydrogens (tertiary/aromatic N) is 2.